The van der Waals surface area contributed by atoms with E-state index in [0.717, 1.165) is 11.1 Å². The number of rotatable bonds is 8. The second-order valence-corrected chi connectivity index (χ2v) is 9.28. The smallest absolute Gasteiger partial charge is 0.412 e. The Morgan fingerprint density at radius 3 is 2.45 bits per heavy atom. The Kier molecular flexibility index (Phi) is 7.40. The fourth-order valence-electron chi connectivity index (χ4n) is 4.56. The van der Waals surface area contributed by atoms with Gasteiger partial charge in [-0.15, -0.1) is 0 Å². The van der Waals surface area contributed by atoms with E-state index in [9.17, 15) is 29.3 Å². The van der Waals surface area contributed by atoms with Crippen molar-refractivity contribution in [3.8, 4) is 11.5 Å². The summed E-state index contributed by atoms with van der Waals surface area (Å²) in [6, 6.07) is 17.0. The number of carbonyl (C=O) groups excluding carboxylic acids is 4. The van der Waals surface area contributed by atoms with Crippen LogP contribution in [0.15, 0.2) is 66.7 Å². The number of benzene rings is 3. The molecule has 1 fully saturated rings. The monoisotopic (exact) mass is 544 g/mol. The third-order valence-electron chi connectivity index (χ3n) is 6.65. The minimum Gasteiger partial charge on any atom is -0.489 e. The highest BCUT2D eigenvalue weighted by atomic mass is 16.6. The standard InChI is InChI=1S/C28H24N4O8/c33-25-13-12-23(26(34)30-25)31-15-22-21(27(31)35)2-1-3-24(22)39-16-18-6-4-17(5-7-18)14-29-28(36)40-20-10-8-19(9-11-20)32(37)38/h1-11,23H,12-16H2,(H,29,36)(H,30,33,34)/t23-/m0/s1. The van der Waals surface area contributed by atoms with Gasteiger partial charge in [-0.2, -0.15) is 0 Å². The summed E-state index contributed by atoms with van der Waals surface area (Å²) in [5.74, 6) is -0.336. The predicted octanol–water partition coefficient (Wildman–Crippen LogP) is 3.22. The lowest BCUT2D eigenvalue weighted by molar-refractivity contribution is -0.384. The van der Waals surface area contributed by atoms with Crippen LogP contribution in [0.3, 0.4) is 0 Å². The lowest BCUT2D eigenvalue weighted by Crippen LogP contribution is -2.52. The zero-order valence-electron chi connectivity index (χ0n) is 21.1. The first-order chi connectivity index (χ1) is 19.3. The predicted molar refractivity (Wildman–Crippen MR) is 139 cm³/mol. The fourth-order valence-corrected chi connectivity index (χ4v) is 4.56. The van der Waals surface area contributed by atoms with Gasteiger partial charge in [0.25, 0.3) is 11.6 Å². The first-order valence-corrected chi connectivity index (χ1v) is 12.5. The summed E-state index contributed by atoms with van der Waals surface area (Å²) >= 11 is 0. The number of nitrogens with one attached hydrogen (secondary N) is 2. The van der Waals surface area contributed by atoms with Crippen LogP contribution in [-0.2, 0) is 29.3 Å². The second-order valence-electron chi connectivity index (χ2n) is 9.28. The van der Waals surface area contributed by atoms with Crippen molar-refractivity contribution in [2.45, 2.75) is 38.6 Å². The molecule has 2 aliphatic rings. The van der Waals surface area contributed by atoms with E-state index in [1.807, 2.05) is 24.3 Å². The molecule has 4 amide bonds. The molecule has 2 heterocycles. The van der Waals surface area contributed by atoms with Crippen LogP contribution >= 0.6 is 0 Å². The summed E-state index contributed by atoms with van der Waals surface area (Å²) in [6.45, 7) is 0.660. The second kappa shape index (κ2) is 11.2. The zero-order chi connectivity index (χ0) is 28.2. The third kappa shape index (κ3) is 5.75. The largest absolute Gasteiger partial charge is 0.489 e. The first-order valence-electron chi connectivity index (χ1n) is 12.5. The van der Waals surface area contributed by atoms with Crippen molar-refractivity contribution in [2.24, 2.45) is 0 Å². The van der Waals surface area contributed by atoms with E-state index in [2.05, 4.69) is 10.6 Å². The SMILES string of the molecule is O=C1CC[C@H](N2Cc3c(OCc4ccc(CNC(=O)Oc5ccc([N+](=O)[O-])cc5)cc4)cccc3C2=O)C(=O)N1. The van der Waals surface area contributed by atoms with Gasteiger partial charge in [-0.1, -0.05) is 30.3 Å². The van der Waals surface area contributed by atoms with Crippen molar-refractivity contribution >= 4 is 29.5 Å². The Labute approximate surface area is 228 Å². The minimum atomic E-state index is -0.696. The fraction of sp³-hybridized carbons (Fsp3) is 0.214. The molecule has 0 aromatic heterocycles. The summed E-state index contributed by atoms with van der Waals surface area (Å²) in [4.78, 5) is 60.5. The molecular weight excluding hydrogens is 520 g/mol. The van der Waals surface area contributed by atoms with Crippen LogP contribution in [0.1, 0.15) is 39.9 Å². The number of hydrogen-bond donors (Lipinski definition) is 2. The van der Waals surface area contributed by atoms with Crippen LogP contribution in [0.25, 0.3) is 0 Å². The van der Waals surface area contributed by atoms with Crippen LogP contribution < -0.4 is 20.1 Å². The number of piperidine rings is 1. The number of amides is 4. The minimum absolute atomic E-state index is 0.101. The maximum absolute atomic E-state index is 13.0. The Morgan fingerprint density at radius 1 is 1.02 bits per heavy atom. The van der Waals surface area contributed by atoms with Crippen molar-refractivity contribution in [1.29, 1.82) is 0 Å². The average molecular weight is 545 g/mol. The van der Waals surface area contributed by atoms with Crippen molar-refractivity contribution < 1.29 is 33.6 Å². The molecule has 0 radical (unpaired) electrons. The third-order valence-corrected chi connectivity index (χ3v) is 6.65. The highest BCUT2D eigenvalue weighted by Gasteiger charge is 2.40. The molecule has 5 rings (SSSR count). The van der Waals surface area contributed by atoms with Gasteiger partial charge in [0.2, 0.25) is 11.8 Å². The number of imide groups is 1. The molecule has 1 saturated heterocycles. The Bertz CT molecular complexity index is 1490. The molecule has 0 saturated carbocycles. The quantitative estimate of drug-likeness (QED) is 0.249. The molecule has 40 heavy (non-hydrogen) atoms. The van der Waals surface area contributed by atoms with Gasteiger partial charge in [0, 0.05) is 36.2 Å². The van der Waals surface area contributed by atoms with Gasteiger partial charge in [0.1, 0.15) is 24.1 Å². The van der Waals surface area contributed by atoms with Crippen LogP contribution in [0.4, 0.5) is 10.5 Å². The molecule has 3 aromatic carbocycles. The Morgan fingerprint density at radius 2 is 1.75 bits per heavy atom. The Hall–Kier alpha value is -5.26. The normalized spacial score (nSPS) is 16.2. The van der Waals surface area contributed by atoms with Crippen LogP contribution in [0.5, 0.6) is 11.5 Å². The van der Waals surface area contributed by atoms with E-state index in [4.69, 9.17) is 9.47 Å². The molecule has 12 nitrogen and oxygen atoms in total. The van der Waals surface area contributed by atoms with Gasteiger partial charge in [-0.05, 0) is 41.8 Å². The summed E-state index contributed by atoms with van der Waals surface area (Å²) < 4.78 is 11.2. The molecule has 0 bridgehead atoms. The maximum atomic E-state index is 13.0. The summed E-state index contributed by atoms with van der Waals surface area (Å²) in [5.41, 5.74) is 2.75. The molecule has 0 spiro atoms. The van der Waals surface area contributed by atoms with Crippen molar-refractivity contribution in [3.63, 3.8) is 0 Å². The number of ether oxygens (including phenoxy) is 2. The van der Waals surface area contributed by atoms with Gasteiger partial charge in [0.05, 0.1) is 11.5 Å². The summed E-state index contributed by atoms with van der Waals surface area (Å²) in [6.07, 6.45) is -0.219. The van der Waals surface area contributed by atoms with E-state index in [1.165, 1.54) is 29.2 Å². The van der Waals surface area contributed by atoms with Gasteiger partial charge in [-0.25, -0.2) is 4.79 Å². The molecule has 12 heteroatoms. The number of carbonyl (C=O) groups is 4. The van der Waals surface area contributed by atoms with Gasteiger partial charge < -0.3 is 19.7 Å². The van der Waals surface area contributed by atoms with E-state index in [0.29, 0.717) is 16.9 Å². The van der Waals surface area contributed by atoms with Crippen LogP contribution in [0.2, 0.25) is 0 Å². The zero-order valence-corrected chi connectivity index (χ0v) is 21.1. The van der Waals surface area contributed by atoms with Crippen molar-refractivity contribution in [2.75, 3.05) is 0 Å². The number of non-ortho nitro benzene ring substituents is 1. The molecule has 204 valence electrons. The lowest BCUT2D eigenvalue weighted by atomic mass is 10.0. The van der Waals surface area contributed by atoms with E-state index < -0.39 is 23.0 Å². The first kappa shape index (κ1) is 26.4. The number of nitro benzene ring substituents is 1. The molecule has 0 aliphatic carbocycles. The van der Waals surface area contributed by atoms with Gasteiger partial charge >= 0.3 is 6.09 Å². The molecule has 1 atom stereocenters. The average Bonchev–Trinajstić information content (AvgIpc) is 3.28. The van der Waals surface area contributed by atoms with Crippen LogP contribution in [0, 0.1) is 10.1 Å². The molecule has 0 unspecified atom stereocenters. The van der Waals surface area contributed by atoms with Gasteiger partial charge in [0.15, 0.2) is 0 Å². The van der Waals surface area contributed by atoms with E-state index in [1.54, 1.807) is 18.2 Å². The number of hydrogen-bond acceptors (Lipinski definition) is 8. The van der Waals surface area contributed by atoms with E-state index >= 15 is 0 Å². The summed E-state index contributed by atoms with van der Waals surface area (Å²) in [7, 11) is 0. The van der Waals surface area contributed by atoms with Crippen LogP contribution in [-0.4, -0.2) is 39.7 Å². The molecule has 3 aromatic rings. The van der Waals surface area contributed by atoms with Crippen molar-refractivity contribution in [1.82, 2.24) is 15.5 Å². The topological polar surface area (TPSA) is 157 Å². The Balaban J connectivity index is 1.14. The summed E-state index contributed by atoms with van der Waals surface area (Å²) in [5, 5.41) is 15.6. The van der Waals surface area contributed by atoms with Gasteiger partial charge in [-0.3, -0.25) is 29.8 Å². The molecule has 2 N–H and O–H groups in total. The maximum Gasteiger partial charge on any atom is 0.412 e. The highest BCUT2D eigenvalue weighted by Crippen LogP contribution is 2.34. The van der Waals surface area contributed by atoms with Crippen molar-refractivity contribution in [3.05, 3.63) is 99.1 Å². The van der Waals surface area contributed by atoms with E-state index in [-0.39, 0.29) is 55.8 Å². The lowest BCUT2D eigenvalue weighted by Gasteiger charge is -2.29. The number of nitro groups is 1. The number of nitrogens with zero attached hydrogens (tertiary/aromatic N) is 2. The molecule has 2 aliphatic heterocycles. The highest BCUT2D eigenvalue weighted by molar-refractivity contribution is 6.05. The molecular formula is C28H24N4O8. The number of fused-ring (bicyclic) bond motifs is 1.